The molecule has 3 nitrogen and oxygen atoms in total. The Hall–Kier alpha value is -0.910. The van der Waals surface area contributed by atoms with Gasteiger partial charge in [0.05, 0.1) is 0 Å². The number of hydrogen-bond acceptors (Lipinski definition) is 2. The predicted octanol–water partition coefficient (Wildman–Crippen LogP) is 2.89. The van der Waals surface area contributed by atoms with Crippen molar-refractivity contribution in [1.82, 2.24) is 9.55 Å². The minimum Gasteiger partial charge on any atom is -0.342 e. The molecule has 1 aromatic heterocycles. The van der Waals surface area contributed by atoms with Gasteiger partial charge in [-0.15, -0.1) is 11.6 Å². The van der Waals surface area contributed by atoms with E-state index in [1.54, 1.807) is 7.05 Å². The summed E-state index contributed by atoms with van der Waals surface area (Å²) in [5, 5.41) is 0. The fraction of sp³-hybridized carbons (Fsp3) is 0.727. The molecule has 0 aliphatic carbocycles. The third kappa shape index (κ3) is 2.74. The first-order valence-electron chi connectivity index (χ1n) is 5.83. The van der Waals surface area contributed by atoms with Gasteiger partial charge in [0, 0.05) is 32.2 Å². The highest BCUT2D eigenvalue weighted by Gasteiger charge is 2.35. The average molecular weight is 282 g/mol. The van der Waals surface area contributed by atoms with Crippen molar-refractivity contribution in [2.24, 2.45) is 13.0 Å². The van der Waals surface area contributed by atoms with Crippen molar-refractivity contribution in [2.75, 3.05) is 23.9 Å². The molecule has 1 aliphatic rings. The number of aryl methyl sites for hydroxylation is 1. The molecule has 2 heterocycles. The maximum atomic E-state index is 12.6. The molecular formula is C11H15ClF3N3. The molecule has 1 aliphatic heterocycles. The number of alkyl halides is 4. The summed E-state index contributed by atoms with van der Waals surface area (Å²) in [7, 11) is 1.59. The summed E-state index contributed by atoms with van der Waals surface area (Å²) in [6, 6.07) is 0. The highest BCUT2D eigenvalue weighted by atomic mass is 35.5. The molecule has 1 fully saturated rings. The number of hydrogen-bond donors (Lipinski definition) is 0. The molecule has 102 valence electrons. The molecule has 18 heavy (non-hydrogen) atoms. The van der Waals surface area contributed by atoms with Gasteiger partial charge >= 0.3 is 6.18 Å². The molecule has 1 aromatic rings. The van der Waals surface area contributed by atoms with Crippen LogP contribution in [-0.4, -0.2) is 28.5 Å². The van der Waals surface area contributed by atoms with Crippen LogP contribution in [0, 0.1) is 5.92 Å². The Labute approximate surface area is 109 Å². The number of aromatic nitrogens is 2. The van der Waals surface area contributed by atoms with Crippen LogP contribution in [0.2, 0.25) is 0 Å². The monoisotopic (exact) mass is 281 g/mol. The zero-order valence-electron chi connectivity index (χ0n) is 10.0. The van der Waals surface area contributed by atoms with E-state index in [-0.39, 0.29) is 0 Å². The van der Waals surface area contributed by atoms with Gasteiger partial charge in [-0.2, -0.15) is 13.2 Å². The SMILES string of the molecule is Cn1cc(C(F)(F)F)nc1N1CCC(CCl)CC1. The van der Waals surface area contributed by atoms with Crippen molar-refractivity contribution in [1.29, 1.82) is 0 Å². The van der Waals surface area contributed by atoms with E-state index in [1.807, 2.05) is 4.90 Å². The quantitative estimate of drug-likeness (QED) is 0.777. The lowest BCUT2D eigenvalue weighted by atomic mass is 9.99. The maximum Gasteiger partial charge on any atom is 0.434 e. The summed E-state index contributed by atoms with van der Waals surface area (Å²) in [6.45, 7) is 1.42. The summed E-state index contributed by atoms with van der Waals surface area (Å²) in [6.07, 6.45) is -1.55. The Morgan fingerprint density at radius 3 is 2.44 bits per heavy atom. The summed E-state index contributed by atoms with van der Waals surface area (Å²) < 4.78 is 39.1. The first kappa shape index (κ1) is 13.5. The highest BCUT2D eigenvalue weighted by Crippen LogP contribution is 2.31. The standard InChI is InChI=1S/C11H15ClF3N3/c1-17-7-9(11(13,14)15)16-10(17)18-4-2-8(6-12)3-5-18/h7-8H,2-6H2,1H3. The van der Waals surface area contributed by atoms with Crippen LogP contribution >= 0.6 is 11.6 Å². The minimum atomic E-state index is -4.38. The van der Waals surface area contributed by atoms with Gasteiger partial charge in [0.15, 0.2) is 5.69 Å². The summed E-state index contributed by atoms with van der Waals surface area (Å²) in [5.41, 5.74) is -0.834. The summed E-state index contributed by atoms with van der Waals surface area (Å²) >= 11 is 5.78. The largest absolute Gasteiger partial charge is 0.434 e. The van der Waals surface area contributed by atoms with Crippen LogP contribution in [0.4, 0.5) is 19.1 Å². The van der Waals surface area contributed by atoms with Gasteiger partial charge in [-0.25, -0.2) is 4.98 Å². The first-order valence-corrected chi connectivity index (χ1v) is 6.36. The number of anilines is 1. The second-order valence-electron chi connectivity index (χ2n) is 4.62. The smallest absolute Gasteiger partial charge is 0.342 e. The Balaban J connectivity index is 2.12. The number of piperidine rings is 1. The van der Waals surface area contributed by atoms with E-state index in [0.717, 1.165) is 19.0 Å². The molecular weight excluding hydrogens is 267 g/mol. The van der Waals surface area contributed by atoms with Crippen molar-refractivity contribution < 1.29 is 13.2 Å². The van der Waals surface area contributed by atoms with E-state index in [2.05, 4.69) is 4.98 Å². The number of halogens is 4. The van der Waals surface area contributed by atoms with Crippen molar-refractivity contribution in [3.63, 3.8) is 0 Å². The van der Waals surface area contributed by atoms with Crippen molar-refractivity contribution in [3.8, 4) is 0 Å². The molecule has 0 bridgehead atoms. The van der Waals surface area contributed by atoms with E-state index in [4.69, 9.17) is 11.6 Å². The van der Waals surface area contributed by atoms with Crippen molar-refractivity contribution in [2.45, 2.75) is 19.0 Å². The Morgan fingerprint density at radius 1 is 1.39 bits per heavy atom. The van der Waals surface area contributed by atoms with Crippen LogP contribution in [0.3, 0.4) is 0 Å². The van der Waals surface area contributed by atoms with Crippen LogP contribution in [0.1, 0.15) is 18.5 Å². The van der Waals surface area contributed by atoms with Gasteiger partial charge in [-0.3, -0.25) is 0 Å². The minimum absolute atomic E-state index is 0.385. The normalized spacial score (nSPS) is 18.4. The second kappa shape index (κ2) is 4.99. The Morgan fingerprint density at radius 2 is 2.00 bits per heavy atom. The fourth-order valence-electron chi connectivity index (χ4n) is 2.17. The van der Waals surface area contributed by atoms with Crippen LogP contribution in [0.5, 0.6) is 0 Å². The second-order valence-corrected chi connectivity index (χ2v) is 4.93. The highest BCUT2D eigenvalue weighted by molar-refractivity contribution is 6.18. The number of rotatable bonds is 2. The molecule has 0 amide bonds. The topological polar surface area (TPSA) is 21.1 Å². The Kier molecular flexibility index (Phi) is 3.75. The lowest BCUT2D eigenvalue weighted by Gasteiger charge is -2.31. The van der Waals surface area contributed by atoms with E-state index in [0.29, 0.717) is 30.8 Å². The van der Waals surface area contributed by atoms with E-state index in [9.17, 15) is 13.2 Å². The molecule has 2 rings (SSSR count). The molecule has 7 heteroatoms. The number of imidazole rings is 1. The third-order valence-electron chi connectivity index (χ3n) is 3.26. The molecule has 0 spiro atoms. The molecule has 0 atom stereocenters. The van der Waals surface area contributed by atoms with Crippen molar-refractivity contribution in [3.05, 3.63) is 11.9 Å². The zero-order chi connectivity index (χ0) is 13.3. The number of nitrogens with zero attached hydrogens (tertiary/aromatic N) is 3. The average Bonchev–Trinajstić information content (AvgIpc) is 2.71. The molecule has 1 saturated heterocycles. The van der Waals surface area contributed by atoms with E-state index < -0.39 is 11.9 Å². The maximum absolute atomic E-state index is 12.6. The molecule has 0 N–H and O–H groups in total. The zero-order valence-corrected chi connectivity index (χ0v) is 10.8. The lowest BCUT2D eigenvalue weighted by molar-refractivity contribution is -0.140. The van der Waals surface area contributed by atoms with Crippen molar-refractivity contribution >= 4 is 17.5 Å². The molecule has 0 radical (unpaired) electrons. The molecule has 0 aromatic carbocycles. The van der Waals surface area contributed by atoms with Gasteiger partial charge in [-0.05, 0) is 18.8 Å². The summed E-state index contributed by atoms with van der Waals surface area (Å²) in [4.78, 5) is 5.57. The van der Waals surface area contributed by atoms with Crippen LogP contribution in [-0.2, 0) is 13.2 Å². The fourth-order valence-corrected chi connectivity index (χ4v) is 2.48. The van der Waals surface area contributed by atoms with Gasteiger partial charge in [-0.1, -0.05) is 0 Å². The van der Waals surface area contributed by atoms with E-state index in [1.165, 1.54) is 4.57 Å². The van der Waals surface area contributed by atoms with E-state index >= 15 is 0 Å². The lowest BCUT2D eigenvalue weighted by Crippen LogP contribution is -2.35. The summed E-state index contributed by atoms with van der Waals surface area (Å²) in [5.74, 6) is 1.46. The van der Waals surface area contributed by atoms with Gasteiger partial charge in [0.25, 0.3) is 0 Å². The van der Waals surface area contributed by atoms with Crippen LogP contribution < -0.4 is 4.90 Å². The van der Waals surface area contributed by atoms with Gasteiger partial charge < -0.3 is 9.47 Å². The van der Waals surface area contributed by atoms with Crippen LogP contribution in [0.15, 0.2) is 6.20 Å². The van der Waals surface area contributed by atoms with Gasteiger partial charge in [0.2, 0.25) is 5.95 Å². The van der Waals surface area contributed by atoms with Crippen LogP contribution in [0.25, 0.3) is 0 Å². The molecule has 0 saturated carbocycles. The van der Waals surface area contributed by atoms with Gasteiger partial charge in [0.1, 0.15) is 0 Å². The predicted molar refractivity (Wildman–Crippen MR) is 63.9 cm³/mol. The third-order valence-corrected chi connectivity index (χ3v) is 3.69. The first-order chi connectivity index (χ1) is 8.41. The Bertz CT molecular complexity index is 408. The molecule has 0 unspecified atom stereocenters.